The van der Waals surface area contributed by atoms with Crippen LogP contribution in [0, 0.1) is 6.92 Å². The molecule has 1 unspecified atom stereocenters. The second-order valence-electron chi connectivity index (χ2n) is 3.67. The van der Waals surface area contributed by atoms with Crippen molar-refractivity contribution in [3.8, 4) is 0 Å². The second kappa shape index (κ2) is 5.29. The Hall–Kier alpha value is -2.11. The summed E-state index contributed by atoms with van der Waals surface area (Å²) in [5.74, 6) is -0.838. The van der Waals surface area contributed by atoms with Crippen LogP contribution in [0.2, 0.25) is 0 Å². The zero-order valence-electron chi connectivity index (χ0n) is 9.94. The molecule has 92 valence electrons. The molecule has 0 radical (unpaired) electrons. The van der Waals surface area contributed by atoms with Crippen molar-refractivity contribution in [2.45, 2.75) is 19.9 Å². The Kier molecular flexibility index (Phi) is 4.03. The number of rotatable bonds is 4. The van der Waals surface area contributed by atoms with Gasteiger partial charge >= 0.3 is 5.97 Å². The van der Waals surface area contributed by atoms with E-state index in [0.717, 1.165) is 0 Å². The average molecular weight is 237 g/mol. The minimum Gasteiger partial charge on any atom is -0.478 e. The van der Waals surface area contributed by atoms with Crippen LogP contribution in [0.25, 0.3) is 0 Å². The zero-order chi connectivity index (χ0) is 13.0. The number of carbonyl (C=O) groups is 2. The number of amides is 1. The van der Waals surface area contributed by atoms with Crippen molar-refractivity contribution >= 4 is 17.7 Å². The largest absolute Gasteiger partial charge is 0.478 e. The maximum Gasteiger partial charge on any atom is 0.335 e. The molecule has 0 aliphatic heterocycles. The van der Waals surface area contributed by atoms with E-state index in [1.165, 1.54) is 19.2 Å². The van der Waals surface area contributed by atoms with E-state index in [9.17, 15) is 9.59 Å². The van der Waals surface area contributed by atoms with Gasteiger partial charge in [0.25, 0.3) is 0 Å². The number of anilines is 1. The quantitative estimate of drug-likeness (QED) is 0.714. The summed E-state index contributed by atoms with van der Waals surface area (Å²) in [7, 11) is 1.53. The third kappa shape index (κ3) is 3.44. The highest BCUT2D eigenvalue weighted by atomic mass is 16.4. The molecule has 1 rings (SSSR count). The maximum atomic E-state index is 11.3. The number of likely N-dealkylation sites (N-methyl/N-ethyl adjacent to an activating group) is 1. The van der Waals surface area contributed by atoms with Crippen molar-refractivity contribution in [1.82, 2.24) is 10.3 Å². The van der Waals surface area contributed by atoms with E-state index in [-0.39, 0.29) is 11.5 Å². The molecule has 1 aromatic heterocycles. The van der Waals surface area contributed by atoms with Gasteiger partial charge in [0.05, 0.1) is 5.56 Å². The molecule has 0 aliphatic rings. The number of aromatic nitrogens is 1. The lowest BCUT2D eigenvalue weighted by molar-refractivity contribution is -0.121. The van der Waals surface area contributed by atoms with Gasteiger partial charge in [-0.25, -0.2) is 9.78 Å². The fourth-order valence-corrected chi connectivity index (χ4v) is 1.37. The molecule has 3 N–H and O–H groups in total. The molecule has 0 bridgehead atoms. The molecular weight excluding hydrogens is 222 g/mol. The highest BCUT2D eigenvalue weighted by Crippen LogP contribution is 2.11. The van der Waals surface area contributed by atoms with Crippen LogP contribution in [0.15, 0.2) is 12.1 Å². The van der Waals surface area contributed by atoms with Gasteiger partial charge in [-0.1, -0.05) is 0 Å². The molecule has 17 heavy (non-hydrogen) atoms. The first-order valence-corrected chi connectivity index (χ1v) is 5.14. The Labute approximate surface area is 99.1 Å². The molecule has 0 aliphatic carbocycles. The third-order valence-electron chi connectivity index (χ3n) is 2.20. The summed E-state index contributed by atoms with van der Waals surface area (Å²) < 4.78 is 0. The Morgan fingerprint density at radius 3 is 2.59 bits per heavy atom. The van der Waals surface area contributed by atoms with E-state index in [1.54, 1.807) is 13.8 Å². The van der Waals surface area contributed by atoms with Crippen LogP contribution < -0.4 is 10.6 Å². The number of carboxylic acid groups (broad SMARTS) is 1. The fourth-order valence-electron chi connectivity index (χ4n) is 1.37. The molecule has 1 heterocycles. The molecule has 0 aromatic carbocycles. The highest BCUT2D eigenvalue weighted by Gasteiger charge is 2.13. The van der Waals surface area contributed by atoms with Crippen molar-refractivity contribution < 1.29 is 14.7 Å². The van der Waals surface area contributed by atoms with Crippen molar-refractivity contribution in [3.63, 3.8) is 0 Å². The number of hydrogen-bond donors (Lipinski definition) is 3. The Morgan fingerprint density at radius 2 is 2.06 bits per heavy atom. The first kappa shape index (κ1) is 13.0. The molecular formula is C11H15N3O3. The SMILES string of the molecule is CNC(=O)C(C)Nc1cc(C(=O)O)cc(C)n1. The van der Waals surface area contributed by atoms with Crippen LogP contribution >= 0.6 is 0 Å². The Balaban J connectivity index is 2.91. The summed E-state index contributed by atoms with van der Waals surface area (Å²) >= 11 is 0. The molecule has 1 aromatic rings. The van der Waals surface area contributed by atoms with E-state index in [4.69, 9.17) is 5.11 Å². The van der Waals surface area contributed by atoms with Gasteiger partial charge in [0, 0.05) is 12.7 Å². The van der Waals surface area contributed by atoms with Crippen LogP contribution in [0.3, 0.4) is 0 Å². The van der Waals surface area contributed by atoms with Gasteiger partial charge in [-0.05, 0) is 26.0 Å². The van der Waals surface area contributed by atoms with Crippen molar-refractivity contribution in [1.29, 1.82) is 0 Å². The van der Waals surface area contributed by atoms with Gasteiger partial charge in [0.2, 0.25) is 5.91 Å². The van der Waals surface area contributed by atoms with Crippen LogP contribution in [0.1, 0.15) is 23.0 Å². The van der Waals surface area contributed by atoms with Gasteiger partial charge in [-0.15, -0.1) is 0 Å². The van der Waals surface area contributed by atoms with Gasteiger partial charge in [0.1, 0.15) is 11.9 Å². The van der Waals surface area contributed by atoms with E-state index < -0.39 is 12.0 Å². The second-order valence-corrected chi connectivity index (χ2v) is 3.67. The molecule has 6 nitrogen and oxygen atoms in total. The van der Waals surface area contributed by atoms with Crippen LogP contribution in [-0.2, 0) is 4.79 Å². The van der Waals surface area contributed by atoms with Crippen molar-refractivity contribution in [3.05, 3.63) is 23.4 Å². The first-order valence-electron chi connectivity index (χ1n) is 5.14. The first-order chi connectivity index (χ1) is 7.93. The minimum atomic E-state index is -1.02. The Bertz CT molecular complexity index is 446. The van der Waals surface area contributed by atoms with E-state index in [1.807, 2.05) is 0 Å². The summed E-state index contributed by atoms with van der Waals surface area (Å²) in [6, 6.07) is 2.39. The van der Waals surface area contributed by atoms with Gasteiger partial charge in [-0.2, -0.15) is 0 Å². The number of nitrogens with one attached hydrogen (secondary N) is 2. The summed E-state index contributed by atoms with van der Waals surface area (Å²) in [4.78, 5) is 26.3. The summed E-state index contributed by atoms with van der Waals surface area (Å²) in [6.07, 6.45) is 0. The molecule has 1 amide bonds. The van der Waals surface area contributed by atoms with Crippen LogP contribution in [0.5, 0.6) is 0 Å². The molecule has 1 atom stereocenters. The van der Waals surface area contributed by atoms with Crippen molar-refractivity contribution in [2.24, 2.45) is 0 Å². The monoisotopic (exact) mass is 237 g/mol. The molecule has 0 saturated heterocycles. The number of nitrogens with zero attached hydrogens (tertiary/aromatic N) is 1. The lowest BCUT2D eigenvalue weighted by Gasteiger charge is -2.13. The number of pyridine rings is 1. The minimum absolute atomic E-state index is 0.143. The maximum absolute atomic E-state index is 11.3. The fraction of sp³-hybridized carbons (Fsp3) is 0.364. The van der Waals surface area contributed by atoms with Crippen molar-refractivity contribution in [2.75, 3.05) is 12.4 Å². The zero-order valence-corrected chi connectivity index (χ0v) is 9.94. The molecule has 6 heteroatoms. The molecule has 0 spiro atoms. The number of aromatic carboxylic acids is 1. The summed E-state index contributed by atoms with van der Waals surface area (Å²) in [5, 5.41) is 14.2. The van der Waals surface area contributed by atoms with E-state index >= 15 is 0 Å². The third-order valence-corrected chi connectivity index (χ3v) is 2.20. The average Bonchev–Trinajstić information content (AvgIpc) is 2.26. The van der Waals surface area contributed by atoms with Crippen LogP contribution in [-0.4, -0.2) is 35.1 Å². The van der Waals surface area contributed by atoms with E-state index in [2.05, 4.69) is 15.6 Å². The van der Waals surface area contributed by atoms with Gasteiger partial charge in [0.15, 0.2) is 0 Å². The molecule has 0 saturated carbocycles. The predicted molar refractivity (Wildman–Crippen MR) is 63.1 cm³/mol. The van der Waals surface area contributed by atoms with Gasteiger partial charge < -0.3 is 15.7 Å². The number of aryl methyl sites for hydroxylation is 1. The van der Waals surface area contributed by atoms with Gasteiger partial charge in [-0.3, -0.25) is 4.79 Å². The normalized spacial score (nSPS) is 11.7. The lowest BCUT2D eigenvalue weighted by atomic mass is 10.2. The number of carboxylic acids is 1. The smallest absolute Gasteiger partial charge is 0.335 e. The number of carbonyl (C=O) groups excluding carboxylic acids is 1. The van der Waals surface area contributed by atoms with Crippen LogP contribution in [0.4, 0.5) is 5.82 Å². The van der Waals surface area contributed by atoms with E-state index in [0.29, 0.717) is 11.5 Å². The standard InChI is InChI=1S/C11H15N3O3/c1-6-4-8(11(16)17)5-9(13-6)14-7(2)10(15)12-3/h4-5,7H,1-3H3,(H,12,15)(H,13,14)(H,16,17). The summed E-state index contributed by atoms with van der Waals surface area (Å²) in [5.41, 5.74) is 0.723. The Morgan fingerprint density at radius 1 is 1.41 bits per heavy atom. The number of hydrogen-bond acceptors (Lipinski definition) is 4. The highest BCUT2D eigenvalue weighted by molar-refractivity contribution is 5.89. The predicted octanol–water partition coefficient (Wildman–Crippen LogP) is 0.635. The summed E-state index contributed by atoms with van der Waals surface area (Å²) in [6.45, 7) is 3.37. The topological polar surface area (TPSA) is 91.3 Å². The molecule has 0 fully saturated rings. The lowest BCUT2D eigenvalue weighted by Crippen LogP contribution is -2.35.